The third-order valence-corrected chi connectivity index (χ3v) is 11.0. The van der Waals surface area contributed by atoms with E-state index in [-0.39, 0.29) is 0 Å². The van der Waals surface area contributed by atoms with Gasteiger partial charge in [0.05, 0.1) is 27.9 Å². The summed E-state index contributed by atoms with van der Waals surface area (Å²) in [7, 11) is 0. The molecule has 0 atom stereocenters. The molecule has 0 bridgehead atoms. The van der Waals surface area contributed by atoms with Gasteiger partial charge in [-0.05, 0) is 82.2 Å². The van der Waals surface area contributed by atoms with Gasteiger partial charge in [0.2, 0.25) is 0 Å². The minimum absolute atomic E-state index is 0.347. The Hall–Kier alpha value is -7.36. The average molecular weight is 717 g/mol. The van der Waals surface area contributed by atoms with Gasteiger partial charge in [0, 0.05) is 42.3 Å². The van der Waals surface area contributed by atoms with Crippen LogP contribution in [0.4, 0.5) is 0 Å². The summed E-state index contributed by atoms with van der Waals surface area (Å²) in [5.41, 5.74) is 14.9. The molecule has 0 N–H and O–H groups in total. The third-order valence-electron chi connectivity index (χ3n) is 11.0. The van der Waals surface area contributed by atoms with Crippen LogP contribution in [0.3, 0.4) is 0 Å². The Balaban J connectivity index is 0.969. The van der Waals surface area contributed by atoms with Crippen molar-refractivity contribution in [1.29, 1.82) is 0 Å². The van der Waals surface area contributed by atoms with Crippen molar-refractivity contribution in [2.45, 2.75) is 6.85 Å². The first-order valence-corrected chi connectivity index (χ1v) is 18.9. The Morgan fingerprint density at radius 3 is 1.36 bits per heavy atom. The van der Waals surface area contributed by atoms with Crippen LogP contribution in [0.1, 0.15) is 9.68 Å². The molecule has 0 fully saturated rings. The van der Waals surface area contributed by atoms with E-state index in [0.29, 0.717) is 11.4 Å². The molecule has 56 heavy (non-hydrogen) atoms. The number of hydrogen-bond donors (Lipinski definition) is 0. The lowest BCUT2D eigenvalue weighted by Crippen LogP contribution is -1.96. The highest BCUT2D eigenvalue weighted by Gasteiger charge is 2.18. The second kappa shape index (κ2) is 12.9. The monoisotopic (exact) mass is 716 g/mol. The van der Waals surface area contributed by atoms with Gasteiger partial charge in [-0.25, -0.2) is 9.97 Å². The number of benzene rings is 8. The van der Waals surface area contributed by atoms with E-state index < -0.39 is 6.85 Å². The second-order valence-electron chi connectivity index (χ2n) is 14.4. The predicted molar refractivity (Wildman–Crippen MR) is 234 cm³/mol. The fourth-order valence-corrected chi connectivity index (χ4v) is 8.34. The lowest BCUT2D eigenvalue weighted by Gasteiger charge is -2.11. The van der Waals surface area contributed by atoms with E-state index in [2.05, 4.69) is 144 Å². The lowest BCUT2D eigenvalue weighted by molar-refractivity contribution is 1.18. The Morgan fingerprint density at radius 1 is 0.357 bits per heavy atom. The molecule has 0 spiro atoms. The fourth-order valence-electron chi connectivity index (χ4n) is 8.34. The minimum Gasteiger partial charge on any atom is -0.308 e. The number of nitrogens with zero attached hydrogens (tertiary/aromatic N) is 3. The molecular formula is C53H35N3. The van der Waals surface area contributed by atoms with Gasteiger partial charge < -0.3 is 4.40 Å². The molecule has 0 aliphatic rings. The Kier molecular flexibility index (Phi) is 6.69. The van der Waals surface area contributed by atoms with Crippen molar-refractivity contribution >= 4 is 38.1 Å². The van der Waals surface area contributed by atoms with Crippen molar-refractivity contribution in [2.24, 2.45) is 0 Å². The fraction of sp³-hybridized carbons (Fsp3) is 0.0189. The molecule has 0 amide bonds. The van der Waals surface area contributed by atoms with E-state index >= 15 is 0 Å². The smallest absolute Gasteiger partial charge is 0.160 e. The van der Waals surface area contributed by atoms with Crippen LogP contribution in [0.5, 0.6) is 0 Å². The van der Waals surface area contributed by atoms with Gasteiger partial charge in [-0.15, -0.1) is 0 Å². The highest BCUT2D eigenvalue weighted by atomic mass is 14.9. The number of aromatic nitrogens is 3. The minimum atomic E-state index is -2.19. The van der Waals surface area contributed by atoms with Gasteiger partial charge in [-0.1, -0.05) is 158 Å². The third kappa shape index (κ3) is 5.36. The van der Waals surface area contributed by atoms with E-state index in [1.807, 2.05) is 48.5 Å². The summed E-state index contributed by atoms with van der Waals surface area (Å²) in [6, 6.07) is 67.0. The van der Waals surface area contributed by atoms with Crippen LogP contribution >= 0.6 is 0 Å². The number of hydrogen-bond acceptors (Lipinski definition) is 2. The molecule has 8 aromatic carbocycles. The first-order valence-electron chi connectivity index (χ1n) is 20.4. The Morgan fingerprint density at radius 2 is 0.804 bits per heavy atom. The van der Waals surface area contributed by atoms with Gasteiger partial charge in [0.15, 0.2) is 5.82 Å². The van der Waals surface area contributed by atoms with E-state index in [4.69, 9.17) is 14.1 Å². The Labute approximate surface area is 329 Å². The van der Waals surface area contributed by atoms with Crippen LogP contribution in [0.2, 0.25) is 0 Å². The first-order chi connectivity index (χ1) is 28.9. The second-order valence-corrected chi connectivity index (χ2v) is 14.4. The maximum Gasteiger partial charge on any atom is 0.160 e. The van der Waals surface area contributed by atoms with Gasteiger partial charge in [0.1, 0.15) is 0 Å². The van der Waals surface area contributed by atoms with Gasteiger partial charge in [0.25, 0.3) is 0 Å². The standard InChI is InChI=1S/C53H35N3/c1-34-24-26-44-46-22-11-23-47-45-27-25-42(32-51(45)56(52(46)47)50(44)28-34)40-19-9-17-38(30-40)37-16-8-18-39(29-37)41-20-10-21-43(31-41)53-54-48(35-12-4-2-5-13-35)33-49(55-53)36-14-6-3-7-15-36/h2-33H,1H3/i1D3. The molecule has 0 saturated heterocycles. The SMILES string of the molecule is [2H]C([2H])([2H])c1ccc2c3cccc4c5ccc(-c6cccc(-c7cccc(-c8cccc(-c9nc(-c%10ccccc%10)cc(-c%10ccccc%10)n9)c8)c7)c6)cc5n(c2c1)c43. The number of para-hydroxylation sites is 1. The molecule has 3 nitrogen and oxygen atoms in total. The van der Waals surface area contributed by atoms with Crippen LogP contribution in [-0.4, -0.2) is 14.4 Å². The number of aryl methyl sites for hydroxylation is 1. The largest absolute Gasteiger partial charge is 0.308 e. The van der Waals surface area contributed by atoms with Gasteiger partial charge >= 0.3 is 0 Å². The summed E-state index contributed by atoms with van der Waals surface area (Å²) >= 11 is 0. The summed E-state index contributed by atoms with van der Waals surface area (Å²) in [5, 5.41) is 4.50. The average Bonchev–Trinajstić information content (AvgIpc) is 3.81. The molecule has 3 aromatic heterocycles. The van der Waals surface area contributed by atoms with Crippen molar-refractivity contribution in [3.8, 4) is 67.3 Å². The molecule has 0 aliphatic carbocycles. The first kappa shape index (κ1) is 29.1. The van der Waals surface area contributed by atoms with Gasteiger partial charge in [-0.2, -0.15) is 0 Å². The zero-order chi connectivity index (χ0) is 39.7. The zero-order valence-corrected chi connectivity index (χ0v) is 30.3. The lowest BCUT2D eigenvalue weighted by atomic mass is 9.95. The molecule has 0 unspecified atom stereocenters. The predicted octanol–water partition coefficient (Wildman–Crippen LogP) is 13.9. The topological polar surface area (TPSA) is 30.2 Å². The summed E-state index contributed by atoms with van der Waals surface area (Å²) in [5.74, 6) is 0.680. The molecular weight excluding hydrogens is 679 g/mol. The van der Waals surface area contributed by atoms with Crippen LogP contribution < -0.4 is 0 Å². The van der Waals surface area contributed by atoms with Crippen molar-refractivity contribution < 1.29 is 4.11 Å². The molecule has 0 radical (unpaired) electrons. The molecule has 3 heteroatoms. The molecule has 3 heterocycles. The summed E-state index contributed by atoms with van der Waals surface area (Å²) in [6.45, 7) is -2.19. The maximum atomic E-state index is 8.10. The van der Waals surface area contributed by atoms with Crippen molar-refractivity contribution in [3.63, 3.8) is 0 Å². The highest BCUT2D eigenvalue weighted by molar-refractivity contribution is 6.23. The highest BCUT2D eigenvalue weighted by Crippen LogP contribution is 2.41. The number of rotatable bonds is 6. The summed E-state index contributed by atoms with van der Waals surface area (Å²) in [4.78, 5) is 10.1. The summed E-state index contributed by atoms with van der Waals surface area (Å²) < 4.78 is 26.6. The summed E-state index contributed by atoms with van der Waals surface area (Å²) in [6.07, 6.45) is 0. The van der Waals surface area contributed by atoms with Crippen LogP contribution in [0.15, 0.2) is 194 Å². The van der Waals surface area contributed by atoms with E-state index in [0.717, 1.165) is 99.6 Å². The van der Waals surface area contributed by atoms with E-state index in [1.165, 1.54) is 0 Å². The molecule has 0 aliphatic heterocycles. The van der Waals surface area contributed by atoms with Gasteiger partial charge in [-0.3, -0.25) is 0 Å². The quantitative estimate of drug-likeness (QED) is 0.171. The van der Waals surface area contributed by atoms with Crippen molar-refractivity contribution in [2.75, 3.05) is 0 Å². The maximum absolute atomic E-state index is 8.10. The van der Waals surface area contributed by atoms with Crippen LogP contribution in [0, 0.1) is 6.85 Å². The molecule has 262 valence electrons. The molecule has 11 rings (SSSR count). The van der Waals surface area contributed by atoms with E-state index in [9.17, 15) is 0 Å². The number of fused-ring (bicyclic) bond motifs is 6. The zero-order valence-electron chi connectivity index (χ0n) is 33.3. The molecule has 0 saturated carbocycles. The Bertz CT molecular complexity index is 3310. The van der Waals surface area contributed by atoms with Crippen LogP contribution in [0.25, 0.3) is 105 Å². The van der Waals surface area contributed by atoms with Crippen LogP contribution in [-0.2, 0) is 0 Å². The van der Waals surface area contributed by atoms with Crippen molar-refractivity contribution in [3.05, 3.63) is 200 Å². The van der Waals surface area contributed by atoms with Crippen molar-refractivity contribution in [1.82, 2.24) is 14.4 Å². The molecule has 11 aromatic rings. The van der Waals surface area contributed by atoms with E-state index in [1.54, 1.807) is 6.07 Å². The normalized spacial score (nSPS) is 12.7.